The number of fused-ring (bicyclic) bond motifs is 5. The van der Waals surface area contributed by atoms with Gasteiger partial charge in [-0.2, -0.15) is 10.2 Å². The first-order valence-corrected chi connectivity index (χ1v) is 11.8. The highest BCUT2D eigenvalue weighted by atomic mass is 32.1. The Morgan fingerprint density at radius 1 is 1.12 bits per heavy atom. The summed E-state index contributed by atoms with van der Waals surface area (Å²) >= 11 is 1.62. The largest absolute Gasteiger partial charge is 0.323 e. The van der Waals surface area contributed by atoms with Crippen molar-refractivity contribution in [3.63, 3.8) is 0 Å². The summed E-state index contributed by atoms with van der Waals surface area (Å²) in [6, 6.07) is 12.3. The molecule has 2 aromatic carbocycles. The smallest absolute Gasteiger partial charge is 0.291 e. The Labute approximate surface area is 197 Å². The molecular formula is C25H19N7OS. The Morgan fingerprint density at radius 2 is 2.00 bits per heavy atom. The second-order valence-corrected chi connectivity index (χ2v) is 9.66. The molecule has 0 radical (unpaired) electrons. The van der Waals surface area contributed by atoms with Crippen LogP contribution >= 0.6 is 11.3 Å². The van der Waals surface area contributed by atoms with Crippen LogP contribution in [0.3, 0.4) is 0 Å². The molecule has 0 atom stereocenters. The number of H-pyrrole nitrogens is 1. The number of hydrogen-bond acceptors (Lipinski definition) is 6. The quantitative estimate of drug-likeness (QED) is 0.429. The third kappa shape index (κ3) is 2.80. The number of rotatable bonds is 4. The summed E-state index contributed by atoms with van der Waals surface area (Å²) in [7, 11) is 1.91. The monoisotopic (exact) mass is 465 g/mol. The van der Waals surface area contributed by atoms with Crippen molar-refractivity contribution < 1.29 is 0 Å². The molecular weight excluding hydrogens is 446 g/mol. The predicted molar refractivity (Wildman–Crippen MR) is 134 cm³/mol. The number of para-hydroxylation sites is 1. The molecule has 1 aliphatic rings. The zero-order chi connectivity index (χ0) is 22.8. The van der Waals surface area contributed by atoms with Crippen molar-refractivity contribution in [1.29, 1.82) is 0 Å². The highest BCUT2D eigenvalue weighted by Crippen LogP contribution is 2.32. The first kappa shape index (κ1) is 19.4. The molecule has 34 heavy (non-hydrogen) atoms. The molecule has 0 aliphatic carbocycles. The topological polar surface area (TPSA) is 93.8 Å². The molecule has 6 aromatic rings. The van der Waals surface area contributed by atoms with Crippen molar-refractivity contribution in [3.8, 4) is 0 Å². The van der Waals surface area contributed by atoms with Crippen molar-refractivity contribution in [2.75, 3.05) is 0 Å². The van der Waals surface area contributed by atoms with Gasteiger partial charge in [-0.3, -0.25) is 14.9 Å². The maximum absolute atomic E-state index is 13.4. The van der Waals surface area contributed by atoms with Gasteiger partial charge in [0.2, 0.25) is 0 Å². The lowest BCUT2D eigenvalue weighted by molar-refractivity contribution is 0.643. The highest BCUT2D eigenvalue weighted by molar-refractivity contribution is 7.19. The van der Waals surface area contributed by atoms with Gasteiger partial charge < -0.3 is 4.57 Å². The van der Waals surface area contributed by atoms with E-state index < -0.39 is 0 Å². The normalized spacial score (nSPS) is 13.0. The number of nitrogens with zero attached hydrogens (tertiary/aromatic N) is 6. The molecule has 0 unspecified atom stereocenters. The van der Waals surface area contributed by atoms with Gasteiger partial charge in [0.15, 0.2) is 5.65 Å². The van der Waals surface area contributed by atoms with E-state index in [4.69, 9.17) is 4.98 Å². The van der Waals surface area contributed by atoms with E-state index in [0.717, 1.165) is 48.3 Å². The summed E-state index contributed by atoms with van der Waals surface area (Å²) in [6.45, 7) is 1.11. The maximum atomic E-state index is 13.4. The Bertz CT molecular complexity index is 1840. The molecule has 0 saturated heterocycles. The zero-order valence-corrected chi connectivity index (χ0v) is 19.1. The van der Waals surface area contributed by atoms with Gasteiger partial charge in [0.05, 0.1) is 35.7 Å². The van der Waals surface area contributed by atoms with Crippen molar-refractivity contribution in [2.45, 2.75) is 19.5 Å². The van der Waals surface area contributed by atoms with Crippen LogP contribution < -0.4 is 5.56 Å². The molecule has 0 bridgehead atoms. The first-order chi connectivity index (χ1) is 16.7. The van der Waals surface area contributed by atoms with Gasteiger partial charge in [-0.1, -0.05) is 36.4 Å². The molecule has 4 aromatic heterocycles. The third-order valence-corrected chi connectivity index (χ3v) is 7.64. The van der Waals surface area contributed by atoms with Crippen molar-refractivity contribution in [1.82, 2.24) is 29.5 Å². The lowest BCUT2D eigenvalue weighted by Crippen LogP contribution is -2.25. The Hall–Kier alpha value is -4.11. The summed E-state index contributed by atoms with van der Waals surface area (Å²) in [4.78, 5) is 22.7. The molecule has 0 amide bonds. The minimum atomic E-state index is -0.110. The summed E-state index contributed by atoms with van der Waals surface area (Å²) in [5.41, 5.74) is 6.87. The number of aromatic amines is 1. The molecule has 8 nitrogen and oxygen atoms in total. The van der Waals surface area contributed by atoms with Gasteiger partial charge in [-0.15, -0.1) is 11.3 Å². The average molecular weight is 466 g/mol. The van der Waals surface area contributed by atoms with Gasteiger partial charge in [0.25, 0.3) is 5.56 Å². The fraction of sp³-hybridized carbons (Fsp3) is 0.160. The third-order valence-electron chi connectivity index (χ3n) is 6.56. The number of aliphatic imine (C=N–C) groups is 1. The summed E-state index contributed by atoms with van der Waals surface area (Å²) < 4.78 is 4.43. The SMILES string of the molecule is Cn1c2nc(Cc3cccc4cn[nH]c34)sc2c2cnn(Cc3cccc4c3C=NC4)c(=O)c21. The number of benzene rings is 2. The van der Waals surface area contributed by atoms with Crippen LogP contribution in [0.4, 0.5) is 0 Å². The Balaban J connectivity index is 1.30. The molecule has 7 rings (SSSR count). The van der Waals surface area contributed by atoms with Crippen LogP contribution in [0.25, 0.3) is 32.2 Å². The highest BCUT2D eigenvalue weighted by Gasteiger charge is 2.20. The molecule has 9 heteroatoms. The predicted octanol–water partition coefficient (Wildman–Crippen LogP) is 3.79. The van der Waals surface area contributed by atoms with E-state index in [9.17, 15) is 4.79 Å². The van der Waals surface area contributed by atoms with Crippen LogP contribution in [0.1, 0.15) is 27.3 Å². The van der Waals surface area contributed by atoms with Gasteiger partial charge >= 0.3 is 0 Å². The average Bonchev–Trinajstić information content (AvgIpc) is 3.62. The maximum Gasteiger partial charge on any atom is 0.291 e. The van der Waals surface area contributed by atoms with Crippen molar-refractivity contribution in [2.24, 2.45) is 12.0 Å². The van der Waals surface area contributed by atoms with Crippen LogP contribution in [0.5, 0.6) is 0 Å². The van der Waals surface area contributed by atoms with Crippen LogP contribution in [0.15, 0.2) is 58.6 Å². The van der Waals surface area contributed by atoms with E-state index in [1.165, 1.54) is 10.2 Å². The minimum Gasteiger partial charge on any atom is -0.323 e. The summed E-state index contributed by atoms with van der Waals surface area (Å²) in [6.07, 6.45) is 6.22. The number of hydrogen-bond donors (Lipinski definition) is 1. The van der Waals surface area contributed by atoms with E-state index in [1.54, 1.807) is 17.5 Å². The van der Waals surface area contributed by atoms with E-state index in [0.29, 0.717) is 25.0 Å². The second-order valence-electron chi connectivity index (χ2n) is 8.58. The van der Waals surface area contributed by atoms with Crippen molar-refractivity contribution >= 4 is 49.7 Å². The van der Waals surface area contributed by atoms with Crippen LogP contribution in [-0.2, 0) is 26.6 Å². The number of aromatic nitrogens is 6. The molecule has 0 fully saturated rings. The second kappa shape index (κ2) is 7.19. The Morgan fingerprint density at radius 3 is 2.94 bits per heavy atom. The van der Waals surface area contributed by atoms with Crippen LogP contribution in [-0.4, -0.2) is 35.7 Å². The summed E-state index contributed by atoms with van der Waals surface area (Å²) in [5, 5.41) is 14.7. The molecule has 166 valence electrons. The van der Waals surface area contributed by atoms with Crippen LogP contribution in [0.2, 0.25) is 0 Å². The van der Waals surface area contributed by atoms with E-state index in [-0.39, 0.29) is 5.56 Å². The first-order valence-electron chi connectivity index (χ1n) is 11.0. The molecule has 1 N–H and O–H groups in total. The van der Waals surface area contributed by atoms with Crippen molar-refractivity contribution in [3.05, 3.63) is 86.4 Å². The molecule has 1 aliphatic heterocycles. The van der Waals surface area contributed by atoms with Gasteiger partial charge in [0.1, 0.15) is 10.5 Å². The van der Waals surface area contributed by atoms with E-state index in [2.05, 4.69) is 32.4 Å². The molecule has 5 heterocycles. The minimum absolute atomic E-state index is 0.110. The lowest BCUT2D eigenvalue weighted by Gasteiger charge is -2.09. The van der Waals surface area contributed by atoms with Gasteiger partial charge in [0, 0.05) is 36.0 Å². The molecule has 0 spiro atoms. The molecule has 0 saturated carbocycles. The lowest BCUT2D eigenvalue weighted by atomic mass is 10.0. The van der Waals surface area contributed by atoms with Gasteiger partial charge in [-0.25, -0.2) is 9.67 Å². The number of thiazole rings is 1. The standard InChI is InChI=1S/C25H19N7OS/c1-31-22-19(12-28-32(25(22)33)13-17-7-3-5-15-9-26-11-18(15)17)23-24(31)29-20(34-23)8-14-4-2-6-16-10-27-30-21(14)16/h2-7,10-12H,8-9,13H2,1H3,(H,27,30). The summed E-state index contributed by atoms with van der Waals surface area (Å²) in [5.74, 6) is 0. The fourth-order valence-corrected chi connectivity index (χ4v) is 5.99. The van der Waals surface area contributed by atoms with E-state index in [1.807, 2.05) is 48.3 Å². The fourth-order valence-electron chi connectivity index (χ4n) is 4.87. The number of nitrogens with one attached hydrogen (secondary N) is 1. The van der Waals surface area contributed by atoms with E-state index >= 15 is 0 Å². The zero-order valence-electron chi connectivity index (χ0n) is 18.3. The number of aryl methyl sites for hydroxylation is 1. The Kier molecular flexibility index (Phi) is 4.10. The van der Waals surface area contributed by atoms with Crippen LogP contribution in [0, 0.1) is 0 Å². The van der Waals surface area contributed by atoms with Gasteiger partial charge in [-0.05, 0) is 16.7 Å².